The molecule has 9 heteroatoms. The molecule has 33 heavy (non-hydrogen) atoms. The zero-order valence-corrected chi connectivity index (χ0v) is 17.8. The van der Waals surface area contributed by atoms with Crippen molar-refractivity contribution in [2.45, 2.75) is 38.0 Å². The van der Waals surface area contributed by atoms with E-state index in [1.165, 1.54) is 11.1 Å². The van der Waals surface area contributed by atoms with Gasteiger partial charge in [-0.3, -0.25) is 14.2 Å². The maximum atomic E-state index is 13.5. The molecule has 1 saturated heterocycles. The second kappa shape index (κ2) is 8.98. The Bertz CT molecular complexity index is 1240. The van der Waals surface area contributed by atoms with Crippen LogP contribution in [0.3, 0.4) is 0 Å². The fraction of sp³-hybridized carbons (Fsp3) is 0.333. The normalized spacial score (nSPS) is 15.4. The SMILES string of the molecule is N#Cc1ccc(-n2c(CCCC(=O)O)cc3cc(C(=O)N4CCC(F)(F)CC4)cnc32)cc1. The number of nitrogens with zero attached hydrogens (tertiary/aromatic N) is 4. The molecule has 3 heterocycles. The van der Waals surface area contributed by atoms with Crippen molar-refractivity contribution in [2.24, 2.45) is 0 Å². The lowest BCUT2D eigenvalue weighted by Gasteiger charge is -2.31. The largest absolute Gasteiger partial charge is 0.481 e. The predicted octanol–water partition coefficient (Wildman–Crippen LogP) is 4.18. The number of aromatic nitrogens is 2. The molecule has 0 aliphatic carbocycles. The highest BCUT2D eigenvalue weighted by atomic mass is 19.3. The van der Waals surface area contributed by atoms with Crippen LogP contribution >= 0.6 is 0 Å². The van der Waals surface area contributed by atoms with Gasteiger partial charge in [-0.2, -0.15) is 5.26 Å². The van der Waals surface area contributed by atoms with Gasteiger partial charge in [0.05, 0.1) is 17.2 Å². The first-order valence-electron chi connectivity index (χ1n) is 10.7. The lowest BCUT2D eigenvalue weighted by atomic mass is 10.1. The van der Waals surface area contributed by atoms with E-state index in [-0.39, 0.29) is 38.3 Å². The van der Waals surface area contributed by atoms with Crippen molar-refractivity contribution in [2.75, 3.05) is 13.1 Å². The number of rotatable bonds is 6. The minimum absolute atomic E-state index is 0.00341. The van der Waals surface area contributed by atoms with E-state index in [1.807, 2.05) is 10.6 Å². The van der Waals surface area contributed by atoms with Gasteiger partial charge >= 0.3 is 5.97 Å². The molecule has 1 aromatic carbocycles. The average Bonchev–Trinajstić information content (AvgIpc) is 3.15. The van der Waals surface area contributed by atoms with Crippen LogP contribution in [-0.4, -0.2) is 50.4 Å². The van der Waals surface area contributed by atoms with Crippen molar-refractivity contribution in [3.05, 3.63) is 59.4 Å². The number of benzene rings is 1. The third kappa shape index (κ3) is 4.85. The number of pyridine rings is 1. The monoisotopic (exact) mass is 452 g/mol. The highest BCUT2D eigenvalue weighted by Crippen LogP contribution is 2.29. The molecule has 0 atom stereocenters. The number of carbonyl (C=O) groups is 2. The molecular formula is C24H22F2N4O3. The van der Waals surface area contributed by atoms with E-state index in [0.29, 0.717) is 35.0 Å². The summed E-state index contributed by atoms with van der Waals surface area (Å²) in [6.07, 6.45) is 1.67. The summed E-state index contributed by atoms with van der Waals surface area (Å²) in [5, 5.41) is 18.8. The molecule has 1 aliphatic heterocycles. The van der Waals surface area contributed by atoms with E-state index in [4.69, 9.17) is 10.4 Å². The summed E-state index contributed by atoms with van der Waals surface area (Å²) in [5.41, 5.74) is 3.01. The van der Waals surface area contributed by atoms with Gasteiger partial charge in [0, 0.05) is 55.3 Å². The number of carboxylic acids is 1. The lowest BCUT2D eigenvalue weighted by Crippen LogP contribution is -2.42. The van der Waals surface area contributed by atoms with Gasteiger partial charge in [-0.15, -0.1) is 0 Å². The van der Waals surface area contributed by atoms with E-state index >= 15 is 0 Å². The number of hydrogen-bond donors (Lipinski definition) is 1. The van der Waals surface area contributed by atoms with Crippen LogP contribution in [0.2, 0.25) is 0 Å². The van der Waals surface area contributed by atoms with Crippen LogP contribution in [0.15, 0.2) is 42.6 Å². The third-order valence-corrected chi connectivity index (χ3v) is 5.82. The number of hydrogen-bond acceptors (Lipinski definition) is 4. The molecule has 3 aromatic rings. The average molecular weight is 452 g/mol. The van der Waals surface area contributed by atoms with E-state index in [0.717, 1.165) is 11.4 Å². The smallest absolute Gasteiger partial charge is 0.303 e. The summed E-state index contributed by atoms with van der Waals surface area (Å²) >= 11 is 0. The summed E-state index contributed by atoms with van der Waals surface area (Å²) in [6.45, 7) is -0.00682. The molecular weight excluding hydrogens is 430 g/mol. The molecule has 1 fully saturated rings. The number of carbonyl (C=O) groups excluding carboxylic acids is 1. The van der Waals surface area contributed by atoms with Crippen molar-refractivity contribution in [3.63, 3.8) is 0 Å². The molecule has 4 rings (SSSR count). The summed E-state index contributed by atoms with van der Waals surface area (Å²) in [6, 6.07) is 12.6. The van der Waals surface area contributed by atoms with Crippen molar-refractivity contribution in [3.8, 4) is 11.8 Å². The van der Waals surface area contributed by atoms with Gasteiger partial charge in [0.1, 0.15) is 5.65 Å². The highest BCUT2D eigenvalue weighted by molar-refractivity contribution is 5.97. The summed E-state index contributed by atoms with van der Waals surface area (Å²) < 4.78 is 28.8. The molecule has 1 N–H and O–H groups in total. The van der Waals surface area contributed by atoms with Crippen molar-refractivity contribution in [1.82, 2.24) is 14.5 Å². The van der Waals surface area contributed by atoms with Crippen molar-refractivity contribution in [1.29, 1.82) is 5.26 Å². The molecule has 1 aliphatic rings. The standard InChI is InChI=1S/C24H22F2N4O3/c25-24(26)8-10-29(11-9-24)23(33)18-12-17-13-20(2-1-3-21(31)32)30(22(17)28-15-18)19-6-4-16(14-27)5-7-19/h4-7,12-13,15H,1-3,8-11H2,(H,31,32). The van der Waals surface area contributed by atoms with Gasteiger partial charge < -0.3 is 10.0 Å². The number of likely N-dealkylation sites (tertiary alicyclic amines) is 1. The summed E-state index contributed by atoms with van der Waals surface area (Å²) in [7, 11) is 0. The number of piperidine rings is 1. The Hall–Kier alpha value is -3.80. The highest BCUT2D eigenvalue weighted by Gasteiger charge is 2.35. The Morgan fingerprint density at radius 1 is 1.15 bits per heavy atom. The van der Waals surface area contributed by atoms with E-state index < -0.39 is 11.9 Å². The lowest BCUT2D eigenvalue weighted by molar-refractivity contribution is -0.137. The molecule has 1 amide bonds. The molecule has 0 spiro atoms. The Kier molecular flexibility index (Phi) is 6.09. The van der Waals surface area contributed by atoms with Gasteiger partial charge in [-0.1, -0.05) is 0 Å². The van der Waals surface area contributed by atoms with Crippen molar-refractivity contribution >= 4 is 22.9 Å². The van der Waals surface area contributed by atoms with Crippen molar-refractivity contribution < 1.29 is 23.5 Å². The zero-order valence-electron chi connectivity index (χ0n) is 17.8. The summed E-state index contributed by atoms with van der Waals surface area (Å²) in [5.74, 6) is -3.95. The Balaban J connectivity index is 1.68. The first-order valence-corrected chi connectivity index (χ1v) is 10.7. The minimum atomic E-state index is -2.73. The molecule has 0 unspecified atom stereocenters. The van der Waals surface area contributed by atoms with E-state index in [1.54, 1.807) is 30.3 Å². The second-order valence-corrected chi connectivity index (χ2v) is 8.16. The van der Waals surface area contributed by atoms with Gasteiger partial charge in [0.15, 0.2) is 0 Å². The van der Waals surface area contributed by atoms with Gasteiger partial charge in [0.25, 0.3) is 11.8 Å². The van der Waals surface area contributed by atoms with Crippen LogP contribution in [-0.2, 0) is 11.2 Å². The number of nitriles is 1. The quantitative estimate of drug-likeness (QED) is 0.605. The molecule has 170 valence electrons. The first kappa shape index (κ1) is 22.4. The fourth-order valence-corrected chi connectivity index (χ4v) is 4.06. The fourth-order valence-electron chi connectivity index (χ4n) is 4.06. The zero-order chi connectivity index (χ0) is 23.6. The molecule has 7 nitrogen and oxygen atoms in total. The maximum Gasteiger partial charge on any atom is 0.303 e. The van der Waals surface area contributed by atoms with Gasteiger partial charge in [-0.25, -0.2) is 13.8 Å². The molecule has 0 saturated carbocycles. The van der Waals surface area contributed by atoms with Crippen LogP contribution in [0.25, 0.3) is 16.7 Å². The number of amides is 1. The third-order valence-electron chi connectivity index (χ3n) is 5.82. The molecule has 0 bridgehead atoms. The van der Waals surface area contributed by atoms with Crippen LogP contribution < -0.4 is 0 Å². The number of fused-ring (bicyclic) bond motifs is 1. The second-order valence-electron chi connectivity index (χ2n) is 8.16. The maximum absolute atomic E-state index is 13.5. The van der Waals surface area contributed by atoms with Crippen LogP contribution in [0.5, 0.6) is 0 Å². The number of alkyl halides is 2. The van der Waals surface area contributed by atoms with Gasteiger partial charge in [-0.05, 0) is 49.2 Å². The molecule has 0 radical (unpaired) electrons. The Labute approximate surface area is 188 Å². The number of halogens is 2. The Morgan fingerprint density at radius 3 is 2.48 bits per heavy atom. The van der Waals surface area contributed by atoms with Crippen LogP contribution in [0, 0.1) is 11.3 Å². The van der Waals surface area contributed by atoms with E-state index in [2.05, 4.69) is 11.1 Å². The minimum Gasteiger partial charge on any atom is -0.481 e. The number of aliphatic carboxylic acids is 1. The summed E-state index contributed by atoms with van der Waals surface area (Å²) in [4.78, 5) is 29.7. The van der Waals surface area contributed by atoms with Gasteiger partial charge in [0.2, 0.25) is 0 Å². The van der Waals surface area contributed by atoms with Crippen LogP contribution in [0.4, 0.5) is 8.78 Å². The molecule has 2 aromatic heterocycles. The predicted molar refractivity (Wildman–Crippen MR) is 116 cm³/mol. The topological polar surface area (TPSA) is 99.2 Å². The Morgan fingerprint density at radius 2 is 1.85 bits per heavy atom. The van der Waals surface area contributed by atoms with E-state index in [9.17, 15) is 18.4 Å². The number of aryl methyl sites for hydroxylation is 1. The number of carboxylic acid groups (broad SMARTS) is 1. The first-order chi connectivity index (χ1) is 15.8. The van der Waals surface area contributed by atoms with Crippen LogP contribution in [0.1, 0.15) is 47.3 Å².